The molecule has 1 aliphatic heterocycles. The van der Waals surface area contributed by atoms with Crippen molar-refractivity contribution in [2.45, 2.75) is 18.6 Å². The van der Waals surface area contributed by atoms with E-state index in [1.165, 1.54) is 0 Å². The molecule has 1 heterocycles. The summed E-state index contributed by atoms with van der Waals surface area (Å²) in [7, 11) is 0. The molecule has 124 valence electrons. The monoisotopic (exact) mass is 327 g/mol. The Labute approximate surface area is 138 Å². The fourth-order valence-corrected chi connectivity index (χ4v) is 2.88. The SMILES string of the molecule is O=C(O)[C@H]1C[C@@H](Oc2ccc(-c3ccccc3)cc2)CN1C(=O)O. The minimum atomic E-state index is -1.24. The summed E-state index contributed by atoms with van der Waals surface area (Å²) in [6, 6.07) is 16.3. The van der Waals surface area contributed by atoms with Crippen molar-refractivity contribution >= 4 is 12.1 Å². The van der Waals surface area contributed by atoms with Gasteiger partial charge in [0.25, 0.3) is 0 Å². The highest BCUT2D eigenvalue weighted by molar-refractivity contribution is 5.80. The van der Waals surface area contributed by atoms with Gasteiger partial charge < -0.3 is 14.9 Å². The number of aliphatic carboxylic acids is 1. The first kappa shape index (κ1) is 15.9. The predicted molar refractivity (Wildman–Crippen MR) is 87.1 cm³/mol. The van der Waals surface area contributed by atoms with E-state index in [0.717, 1.165) is 16.0 Å². The first-order valence-corrected chi connectivity index (χ1v) is 7.59. The van der Waals surface area contributed by atoms with Gasteiger partial charge in [0.2, 0.25) is 0 Å². The number of carboxylic acid groups (broad SMARTS) is 2. The zero-order valence-corrected chi connectivity index (χ0v) is 12.8. The lowest BCUT2D eigenvalue weighted by Gasteiger charge is -2.16. The van der Waals surface area contributed by atoms with E-state index >= 15 is 0 Å². The fraction of sp³-hybridized carbons (Fsp3) is 0.222. The second-order valence-corrected chi connectivity index (χ2v) is 5.65. The maximum Gasteiger partial charge on any atom is 0.408 e. The van der Waals surface area contributed by atoms with Crippen LogP contribution in [-0.4, -0.2) is 45.9 Å². The minimum absolute atomic E-state index is 0.0483. The molecule has 0 unspecified atom stereocenters. The molecule has 0 saturated carbocycles. The Morgan fingerprint density at radius 3 is 2.12 bits per heavy atom. The van der Waals surface area contributed by atoms with Gasteiger partial charge in [-0.2, -0.15) is 0 Å². The van der Waals surface area contributed by atoms with Crippen LogP contribution in [0.1, 0.15) is 6.42 Å². The average Bonchev–Trinajstić information content (AvgIpc) is 3.01. The van der Waals surface area contributed by atoms with Gasteiger partial charge in [-0.15, -0.1) is 0 Å². The van der Waals surface area contributed by atoms with Crippen molar-refractivity contribution in [3.05, 3.63) is 54.6 Å². The molecule has 0 radical (unpaired) electrons. The zero-order chi connectivity index (χ0) is 17.1. The molecule has 0 spiro atoms. The summed E-state index contributed by atoms with van der Waals surface area (Å²) in [5.41, 5.74) is 2.14. The highest BCUT2D eigenvalue weighted by Crippen LogP contribution is 2.26. The van der Waals surface area contributed by atoms with E-state index in [9.17, 15) is 9.59 Å². The fourth-order valence-electron chi connectivity index (χ4n) is 2.88. The molecule has 0 aliphatic carbocycles. The number of ether oxygens (including phenoxy) is 1. The van der Waals surface area contributed by atoms with E-state index in [-0.39, 0.29) is 13.0 Å². The van der Waals surface area contributed by atoms with Gasteiger partial charge >= 0.3 is 12.1 Å². The first-order chi connectivity index (χ1) is 11.5. The number of benzene rings is 2. The number of rotatable bonds is 4. The van der Waals surface area contributed by atoms with Gasteiger partial charge in [-0.05, 0) is 23.3 Å². The van der Waals surface area contributed by atoms with Gasteiger partial charge in [-0.1, -0.05) is 42.5 Å². The van der Waals surface area contributed by atoms with Crippen LogP contribution in [0.15, 0.2) is 54.6 Å². The highest BCUT2D eigenvalue weighted by Gasteiger charge is 2.40. The van der Waals surface area contributed by atoms with Crippen molar-refractivity contribution in [3.8, 4) is 16.9 Å². The van der Waals surface area contributed by atoms with Crippen LogP contribution in [0, 0.1) is 0 Å². The average molecular weight is 327 g/mol. The number of hydrogen-bond donors (Lipinski definition) is 2. The van der Waals surface area contributed by atoms with Crippen LogP contribution in [-0.2, 0) is 4.79 Å². The number of carbonyl (C=O) groups is 2. The van der Waals surface area contributed by atoms with Gasteiger partial charge in [0.1, 0.15) is 17.9 Å². The summed E-state index contributed by atoms with van der Waals surface area (Å²) in [6.45, 7) is 0.0483. The van der Waals surface area contributed by atoms with Crippen LogP contribution >= 0.6 is 0 Å². The molecule has 2 atom stereocenters. The number of nitrogens with zero attached hydrogens (tertiary/aromatic N) is 1. The van der Waals surface area contributed by atoms with Gasteiger partial charge in [0.15, 0.2) is 0 Å². The largest absolute Gasteiger partial charge is 0.488 e. The molecule has 1 fully saturated rings. The third-order valence-electron chi connectivity index (χ3n) is 4.06. The van der Waals surface area contributed by atoms with E-state index in [1.54, 1.807) is 0 Å². The van der Waals surface area contributed by atoms with Crippen LogP contribution < -0.4 is 4.74 Å². The number of carboxylic acids is 1. The summed E-state index contributed by atoms with van der Waals surface area (Å²) in [5.74, 6) is -0.556. The van der Waals surface area contributed by atoms with Crippen molar-refractivity contribution < 1.29 is 24.5 Å². The lowest BCUT2D eigenvalue weighted by atomic mass is 10.1. The summed E-state index contributed by atoms with van der Waals surface area (Å²) in [5, 5.41) is 18.2. The summed E-state index contributed by atoms with van der Waals surface area (Å²) in [6.07, 6.45) is -1.57. The molecule has 1 amide bonds. The Bertz CT molecular complexity index is 707. The topological polar surface area (TPSA) is 87.1 Å². The maximum absolute atomic E-state index is 11.2. The van der Waals surface area contributed by atoms with Gasteiger partial charge in [0.05, 0.1) is 6.54 Å². The zero-order valence-electron chi connectivity index (χ0n) is 12.8. The second kappa shape index (κ2) is 6.62. The van der Waals surface area contributed by atoms with Gasteiger partial charge in [-0.25, -0.2) is 9.59 Å². The van der Waals surface area contributed by atoms with Crippen molar-refractivity contribution in [1.29, 1.82) is 0 Å². The molecule has 6 nitrogen and oxygen atoms in total. The van der Waals surface area contributed by atoms with Gasteiger partial charge in [-0.3, -0.25) is 4.90 Å². The molecule has 2 aromatic rings. The van der Waals surface area contributed by atoms with Crippen LogP contribution in [0.25, 0.3) is 11.1 Å². The molecule has 0 bridgehead atoms. The lowest BCUT2D eigenvalue weighted by molar-refractivity contribution is -0.141. The molecule has 3 rings (SSSR count). The van der Waals surface area contributed by atoms with E-state index in [2.05, 4.69) is 0 Å². The molecule has 1 saturated heterocycles. The molecule has 24 heavy (non-hydrogen) atoms. The molecule has 6 heteroatoms. The minimum Gasteiger partial charge on any atom is -0.488 e. The molecule has 0 aromatic heterocycles. The molecule has 2 aromatic carbocycles. The second-order valence-electron chi connectivity index (χ2n) is 5.65. The van der Waals surface area contributed by atoms with Crippen LogP contribution in [0.3, 0.4) is 0 Å². The normalized spacial score (nSPS) is 19.9. The van der Waals surface area contributed by atoms with Crippen molar-refractivity contribution in [2.75, 3.05) is 6.54 Å². The third kappa shape index (κ3) is 3.32. The van der Waals surface area contributed by atoms with Crippen molar-refractivity contribution in [2.24, 2.45) is 0 Å². The Balaban J connectivity index is 1.68. The smallest absolute Gasteiger partial charge is 0.408 e. The van der Waals surface area contributed by atoms with Crippen molar-refractivity contribution in [3.63, 3.8) is 0 Å². The molecule has 2 N–H and O–H groups in total. The summed E-state index contributed by atoms with van der Waals surface area (Å²) in [4.78, 5) is 23.2. The van der Waals surface area contributed by atoms with Crippen LogP contribution in [0.2, 0.25) is 0 Å². The van der Waals surface area contributed by atoms with Crippen molar-refractivity contribution in [1.82, 2.24) is 4.90 Å². The van der Waals surface area contributed by atoms with E-state index in [1.807, 2.05) is 54.6 Å². The third-order valence-corrected chi connectivity index (χ3v) is 4.06. The standard InChI is InChI=1S/C18H17NO5/c20-17(21)16-10-15(11-19(16)18(22)23)24-14-8-6-13(7-9-14)12-4-2-1-3-5-12/h1-9,15-16H,10-11H2,(H,20,21)(H,22,23)/t15-,16-/m1/s1. The highest BCUT2D eigenvalue weighted by atomic mass is 16.5. The van der Waals surface area contributed by atoms with E-state index in [0.29, 0.717) is 5.75 Å². The van der Waals surface area contributed by atoms with E-state index in [4.69, 9.17) is 14.9 Å². The Morgan fingerprint density at radius 2 is 1.58 bits per heavy atom. The van der Waals surface area contributed by atoms with Crippen LogP contribution in [0.4, 0.5) is 4.79 Å². The number of hydrogen-bond acceptors (Lipinski definition) is 3. The molecule has 1 aliphatic rings. The Hall–Kier alpha value is -3.02. The van der Waals surface area contributed by atoms with Gasteiger partial charge in [0, 0.05) is 6.42 Å². The first-order valence-electron chi connectivity index (χ1n) is 7.59. The number of amides is 1. The predicted octanol–water partition coefficient (Wildman–Crippen LogP) is 2.94. The van der Waals surface area contributed by atoms with E-state index < -0.39 is 24.2 Å². The Morgan fingerprint density at radius 1 is 0.958 bits per heavy atom. The number of likely N-dealkylation sites (tertiary alicyclic amines) is 1. The molecular formula is C18H17NO5. The maximum atomic E-state index is 11.2. The lowest BCUT2D eigenvalue weighted by Crippen LogP contribution is -2.39. The summed E-state index contributed by atoms with van der Waals surface area (Å²) >= 11 is 0. The Kier molecular flexibility index (Phi) is 4.37. The van der Waals surface area contributed by atoms with Crippen LogP contribution in [0.5, 0.6) is 5.75 Å². The summed E-state index contributed by atoms with van der Waals surface area (Å²) < 4.78 is 5.76. The molecular weight excluding hydrogens is 310 g/mol. The quantitative estimate of drug-likeness (QED) is 0.901.